The summed E-state index contributed by atoms with van der Waals surface area (Å²) in [5.41, 5.74) is -6.47. The molecule has 0 atom stereocenters. The first-order chi connectivity index (χ1) is 37.8. The molecular formula is C50H30O. The van der Waals surface area contributed by atoms with Gasteiger partial charge in [0.1, 0.15) is 11.2 Å². The molecule has 0 aliphatic carbocycles. The Morgan fingerprint density at radius 1 is 0.314 bits per heavy atom. The maximum atomic E-state index is 10.3. The molecule has 0 aliphatic rings. The van der Waals surface area contributed by atoms with Gasteiger partial charge in [0.2, 0.25) is 0 Å². The number of hydrogen-bond donors (Lipinski definition) is 0. The van der Waals surface area contributed by atoms with E-state index in [2.05, 4.69) is 0 Å². The van der Waals surface area contributed by atoms with E-state index in [1.165, 1.54) is 0 Å². The van der Waals surface area contributed by atoms with Crippen LogP contribution in [0.3, 0.4) is 0 Å². The number of rotatable bonds is 3. The zero-order valence-corrected chi connectivity index (χ0v) is 25.4. The molecule has 0 saturated heterocycles. The molecule has 0 radical (unpaired) electrons. The third-order valence-corrected chi connectivity index (χ3v) is 8.57. The summed E-state index contributed by atoms with van der Waals surface area (Å²) < 4.78 is 281. The lowest BCUT2D eigenvalue weighted by Crippen LogP contribution is -1.93. The molecule has 51 heavy (non-hydrogen) atoms. The fraction of sp³-hybridized carbons (Fsp3) is 0. The van der Waals surface area contributed by atoms with E-state index in [1.807, 2.05) is 0 Å². The van der Waals surface area contributed by atoms with Crippen LogP contribution in [0.25, 0.3) is 109 Å². The Morgan fingerprint density at radius 2 is 0.922 bits per heavy atom. The molecule has 11 aromatic rings. The SMILES string of the molecule is [2H]c1c([2H])c([2H])c(-c2c([2H])c([2H])c3c(-c4c([2H])c([2H])c([2H])c5c4c([2H])c([2H])c4c([2H])c([2H])c([2H])c([2H])c45)c4c([2H])c([2H])c([2H])c([2H])c4c(-c4c([2H])c([2H])c([2H])c5oc6c([2H])c7c([2H])c([2H])c([2H])c([2H])c7c([2H])c6c45)c3c2[2H])c([2H])c1[2H]. The molecule has 0 N–H and O–H groups in total. The van der Waals surface area contributed by atoms with Gasteiger partial charge in [0.15, 0.2) is 0 Å². The van der Waals surface area contributed by atoms with E-state index in [9.17, 15) is 19.2 Å². The maximum Gasteiger partial charge on any atom is 0.136 e. The van der Waals surface area contributed by atoms with Crippen molar-refractivity contribution in [2.45, 2.75) is 0 Å². The maximum absolute atomic E-state index is 10.3. The summed E-state index contributed by atoms with van der Waals surface area (Å²) in [4.78, 5) is 0. The molecule has 10 aromatic carbocycles. The van der Waals surface area contributed by atoms with E-state index in [1.54, 1.807) is 0 Å². The average Bonchev–Trinajstić information content (AvgIpc) is 4.01. The van der Waals surface area contributed by atoms with Crippen molar-refractivity contribution in [2.75, 3.05) is 0 Å². The van der Waals surface area contributed by atoms with Gasteiger partial charge in [-0.05, 0) is 111 Å². The molecule has 1 heteroatoms. The largest absolute Gasteiger partial charge is 0.456 e. The van der Waals surface area contributed by atoms with Crippen LogP contribution < -0.4 is 0 Å². The molecule has 0 bridgehead atoms. The Labute approximate surface area is 336 Å². The summed E-state index contributed by atoms with van der Waals surface area (Å²) in [6, 6.07) is -29.0. The van der Waals surface area contributed by atoms with E-state index < -0.39 is 290 Å². The van der Waals surface area contributed by atoms with Gasteiger partial charge in [0, 0.05) is 10.8 Å². The standard InChI is InChI=1S/C50H30O/c1-2-12-31(13-3-1)35-25-27-42-44(28-35)49(43-22-11-23-46-50(43)45-29-33-15-4-5-16-34(33)30-47(45)51-46)41-19-9-8-18-40(41)48(42)39-21-10-20-37-36-17-7-6-14-32(36)24-26-38(37)39/h1-30H/i1D,2D,3D,4D,5D,6D,7D,8D,9D,10D,11D,12D,13D,14D,15D,16D,17D,18D,19D,20D,21D,22D,23D,24D,25D,26D,27D,28D,29D,30D. The topological polar surface area (TPSA) is 13.1 Å². The molecule has 0 fully saturated rings. The van der Waals surface area contributed by atoms with Crippen molar-refractivity contribution in [1.29, 1.82) is 0 Å². The van der Waals surface area contributed by atoms with Gasteiger partial charge in [-0.15, -0.1) is 0 Å². The van der Waals surface area contributed by atoms with E-state index in [-0.39, 0.29) is 0 Å². The third-order valence-electron chi connectivity index (χ3n) is 8.57. The van der Waals surface area contributed by atoms with Crippen LogP contribution in [0, 0.1) is 0 Å². The van der Waals surface area contributed by atoms with Crippen LogP contribution in [-0.2, 0) is 0 Å². The second kappa shape index (κ2) is 10.9. The van der Waals surface area contributed by atoms with Crippen molar-refractivity contribution in [2.24, 2.45) is 0 Å². The molecule has 236 valence electrons. The predicted octanol–water partition coefficient (Wildman–Crippen LogP) is 14.4. The van der Waals surface area contributed by atoms with Crippen molar-refractivity contribution >= 4 is 75.8 Å². The van der Waals surface area contributed by atoms with Crippen molar-refractivity contribution < 1.29 is 45.5 Å². The molecule has 11 rings (SSSR count). The molecule has 0 amide bonds. The van der Waals surface area contributed by atoms with Crippen LogP contribution in [0.15, 0.2) is 186 Å². The van der Waals surface area contributed by atoms with Gasteiger partial charge in [-0.1, -0.05) is 157 Å². The summed E-state index contributed by atoms with van der Waals surface area (Å²) in [5.74, 6) is 0. The van der Waals surface area contributed by atoms with E-state index >= 15 is 0 Å². The molecule has 0 aliphatic heterocycles. The number of hydrogen-bond acceptors (Lipinski definition) is 1. The lowest BCUT2D eigenvalue weighted by Gasteiger charge is -2.20. The van der Waals surface area contributed by atoms with Gasteiger partial charge >= 0.3 is 0 Å². The minimum atomic E-state index is -1.15. The number of furan rings is 1. The van der Waals surface area contributed by atoms with E-state index in [0.29, 0.717) is 0 Å². The molecule has 0 saturated carbocycles. The lowest BCUT2D eigenvalue weighted by atomic mass is 9.82. The molecule has 0 unspecified atom stereocenters. The number of fused-ring (bicyclic) bond motifs is 9. The molecule has 1 aromatic heterocycles. The first kappa shape index (κ1) is 11.7. The first-order valence-electron chi connectivity index (χ1n) is 30.2. The van der Waals surface area contributed by atoms with Crippen LogP contribution in [0.4, 0.5) is 0 Å². The minimum absolute atomic E-state index is 0.533. The quantitative estimate of drug-likeness (QED) is 0.134. The van der Waals surface area contributed by atoms with Crippen molar-refractivity contribution in [3.63, 3.8) is 0 Å². The van der Waals surface area contributed by atoms with Gasteiger partial charge < -0.3 is 4.42 Å². The molecule has 0 spiro atoms. The smallest absolute Gasteiger partial charge is 0.136 e. The minimum Gasteiger partial charge on any atom is -0.456 e. The average molecular weight is 677 g/mol. The van der Waals surface area contributed by atoms with Gasteiger partial charge in [0.05, 0.1) is 41.1 Å². The highest BCUT2D eigenvalue weighted by Gasteiger charge is 2.22. The Hall–Kier alpha value is -6.70. The van der Waals surface area contributed by atoms with Gasteiger partial charge in [0.25, 0.3) is 0 Å². The van der Waals surface area contributed by atoms with Gasteiger partial charge in [-0.2, -0.15) is 0 Å². The zero-order chi connectivity index (χ0) is 59.6. The second-order valence-corrected chi connectivity index (χ2v) is 11.3. The second-order valence-electron chi connectivity index (χ2n) is 11.3. The van der Waals surface area contributed by atoms with Crippen molar-refractivity contribution in [3.05, 3.63) is 181 Å². The van der Waals surface area contributed by atoms with Crippen LogP contribution in [0.5, 0.6) is 0 Å². The fourth-order valence-electron chi connectivity index (χ4n) is 6.45. The summed E-state index contributed by atoms with van der Waals surface area (Å²) in [7, 11) is 0. The highest BCUT2D eigenvalue weighted by atomic mass is 16.3. The molecular weight excluding hydrogens is 617 g/mol. The van der Waals surface area contributed by atoms with Crippen molar-refractivity contribution in [3.8, 4) is 33.4 Å². The highest BCUT2D eigenvalue weighted by Crippen LogP contribution is 2.49. The summed E-state index contributed by atoms with van der Waals surface area (Å²) in [6.45, 7) is 0. The summed E-state index contributed by atoms with van der Waals surface area (Å²) in [5, 5.41) is -8.34. The Kier molecular flexibility index (Phi) is 2.50. The fourth-order valence-corrected chi connectivity index (χ4v) is 6.45. The third kappa shape index (κ3) is 4.22. The van der Waals surface area contributed by atoms with Gasteiger partial charge in [-0.3, -0.25) is 0 Å². The van der Waals surface area contributed by atoms with E-state index in [4.69, 9.17) is 26.3 Å². The first-order valence-corrected chi connectivity index (χ1v) is 15.2. The Morgan fingerprint density at radius 3 is 1.75 bits per heavy atom. The highest BCUT2D eigenvalue weighted by molar-refractivity contribution is 6.28. The normalized spacial score (nSPS) is 20.2. The molecule has 1 nitrogen and oxygen atoms in total. The van der Waals surface area contributed by atoms with Gasteiger partial charge in [-0.25, -0.2) is 0 Å². The number of benzene rings is 10. The zero-order valence-electron chi connectivity index (χ0n) is 55.4. The van der Waals surface area contributed by atoms with Crippen LogP contribution in [0.1, 0.15) is 41.1 Å². The predicted molar refractivity (Wildman–Crippen MR) is 218 cm³/mol. The van der Waals surface area contributed by atoms with Crippen molar-refractivity contribution in [1.82, 2.24) is 0 Å². The monoisotopic (exact) mass is 676 g/mol. The van der Waals surface area contributed by atoms with E-state index in [0.717, 1.165) is 0 Å². The van der Waals surface area contributed by atoms with Crippen LogP contribution in [0.2, 0.25) is 0 Å². The Bertz CT molecular complexity index is 4900. The summed E-state index contributed by atoms with van der Waals surface area (Å²) >= 11 is 0. The molecule has 1 heterocycles. The Balaban J connectivity index is 1.55. The van der Waals surface area contributed by atoms with Crippen LogP contribution in [-0.4, -0.2) is 0 Å². The van der Waals surface area contributed by atoms with Crippen LogP contribution >= 0.6 is 0 Å². The summed E-state index contributed by atoms with van der Waals surface area (Å²) in [6.07, 6.45) is 0. The lowest BCUT2D eigenvalue weighted by molar-refractivity contribution is 0.669.